The van der Waals surface area contributed by atoms with Crippen molar-refractivity contribution in [1.82, 2.24) is 4.57 Å². The van der Waals surface area contributed by atoms with E-state index in [4.69, 9.17) is 4.42 Å². The number of hydrogen-bond donors (Lipinski definition) is 1. The van der Waals surface area contributed by atoms with Gasteiger partial charge in [-0.05, 0) is 69.8 Å². The van der Waals surface area contributed by atoms with Crippen molar-refractivity contribution >= 4 is 61.2 Å². The zero-order valence-electron chi connectivity index (χ0n) is 28.7. The topological polar surface area (TPSA) is 30.1 Å². The summed E-state index contributed by atoms with van der Waals surface area (Å²) in [6.07, 6.45) is 0. The number of benzene rings is 8. The molecule has 0 saturated carbocycles. The highest BCUT2D eigenvalue weighted by atomic mass is 32.2. The maximum Gasteiger partial charge on any atom is 0.137 e. The molecular weight excluding hydrogens is 665 g/mol. The van der Waals surface area contributed by atoms with Crippen LogP contribution in [0.15, 0.2) is 191 Å². The highest BCUT2D eigenvalue weighted by molar-refractivity contribution is 8.00. The second kappa shape index (κ2) is 12.0. The van der Waals surface area contributed by atoms with Gasteiger partial charge in [-0.3, -0.25) is 0 Å². The summed E-state index contributed by atoms with van der Waals surface area (Å²) < 4.78 is 8.83. The molecule has 2 aromatic heterocycles. The summed E-state index contributed by atoms with van der Waals surface area (Å²) in [5.41, 5.74) is 15.0. The van der Waals surface area contributed by atoms with Gasteiger partial charge in [0.1, 0.15) is 16.5 Å². The molecule has 0 radical (unpaired) electrons. The smallest absolute Gasteiger partial charge is 0.137 e. The second-order valence-electron chi connectivity index (χ2n) is 13.7. The van der Waals surface area contributed by atoms with Crippen molar-refractivity contribution in [1.29, 1.82) is 0 Å². The van der Waals surface area contributed by atoms with Crippen LogP contribution in [0.25, 0.3) is 82.8 Å². The number of fused-ring (bicyclic) bond motifs is 8. The van der Waals surface area contributed by atoms with Crippen LogP contribution in [0.2, 0.25) is 0 Å². The van der Waals surface area contributed by atoms with E-state index in [2.05, 4.69) is 186 Å². The standard InChI is InChI=1S/C49H32N2OS/c1-3-12-31(13-4-1)35-16-11-17-37(28-35)51-42-20-9-7-18-38(42)39-27-26-36(29-43(39)51)32-22-24-34(25-23-32)49-50-47-41(33-14-5-2-6-15-33)30-45-46(48(47)53-49)40-19-8-10-21-44(40)52-45/h1-30,49-50H. The van der Waals surface area contributed by atoms with Crippen LogP contribution in [0, 0.1) is 0 Å². The highest BCUT2D eigenvalue weighted by Crippen LogP contribution is 2.55. The van der Waals surface area contributed by atoms with Crippen molar-refractivity contribution in [2.75, 3.05) is 5.32 Å². The lowest BCUT2D eigenvalue weighted by atomic mass is 10.00. The average molecular weight is 697 g/mol. The van der Waals surface area contributed by atoms with Crippen LogP contribution in [0.5, 0.6) is 0 Å². The van der Waals surface area contributed by atoms with Gasteiger partial charge in [0.2, 0.25) is 0 Å². The highest BCUT2D eigenvalue weighted by Gasteiger charge is 2.30. The van der Waals surface area contributed by atoms with E-state index >= 15 is 0 Å². The van der Waals surface area contributed by atoms with Crippen molar-refractivity contribution in [3.63, 3.8) is 0 Å². The first-order valence-corrected chi connectivity index (χ1v) is 18.9. The monoisotopic (exact) mass is 696 g/mol. The summed E-state index contributed by atoms with van der Waals surface area (Å²) >= 11 is 1.88. The molecule has 0 spiro atoms. The van der Waals surface area contributed by atoms with E-state index in [1.54, 1.807) is 0 Å². The normalized spacial score (nSPS) is 13.9. The molecule has 3 heterocycles. The largest absolute Gasteiger partial charge is 0.456 e. The van der Waals surface area contributed by atoms with Crippen molar-refractivity contribution in [2.24, 2.45) is 0 Å². The minimum absolute atomic E-state index is 0.0719. The lowest BCUT2D eigenvalue weighted by Crippen LogP contribution is -2.02. The van der Waals surface area contributed by atoms with E-state index in [0.29, 0.717) is 0 Å². The predicted octanol–water partition coefficient (Wildman–Crippen LogP) is 13.9. The fraction of sp³-hybridized carbons (Fsp3) is 0.0204. The Morgan fingerprint density at radius 2 is 1.11 bits per heavy atom. The molecule has 0 amide bonds. The van der Waals surface area contributed by atoms with E-state index in [0.717, 1.165) is 27.8 Å². The Hall–Kier alpha value is -6.49. The van der Waals surface area contributed by atoms with E-state index in [1.165, 1.54) is 71.2 Å². The maximum absolute atomic E-state index is 6.42. The molecule has 0 fully saturated rings. The molecule has 1 N–H and O–H groups in total. The lowest BCUT2D eigenvalue weighted by molar-refractivity contribution is 0.669. The van der Waals surface area contributed by atoms with Crippen molar-refractivity contribution < 1.29 is 4.42 Å². The van der Waals surface area contributed by atoms with E-state index in [1.807, 2.05) is 17.8 Å². The molecule has 1 aliphatic rings. The second-order valence-corrected chi connectivity index (χ2v) is 14.8. The third-order valence-corrected chi connectivity index (χ3v) is 11.9. The first-order valence-electron chi connectivity index (χ1n) is 18.0. The number of thioether (sulfide) groups is 1. The molecule has 1 atom stereocenters. The van der Waals surface area contributed by atoms with Gasteiger partial charge in [-0.25, -0.2) is 0 Å². The number of aromatic nitrogens is 1. The molecule has 250 valence electrons. The molecule has 11 rings (SSSR count). The van der Waals surface area contributed by atoms with Gasteiger partial charge in [0.05, 0.1) is 16.7 Å². The minimum atomic E-state index is 0.0719. The third-order valence-electron chi connectivity index (χ3n) is 10.6. The molecule has 10 aromatic rings. The summed E-state index contributed by atoms with van der Waals surface area (Å²) in [6.45, 7) is 0. The Balaban J connectivity index is 0.979. The molecule has 1 aliphatic heterocycles. The number of anilines is 1. The zero-order chi connectivity index (χ0) is 34.9. The van der Waals surface area contributed by atoms with Crippen molar-refractivity contribution in [2.45, 2.75) is 10.3 Å². The van der Waals surface area contributed by atoms with Crippen LogP contribution in [-0.4, -0.2) is 4.57 Å². The Kier molecular flexibility index (Phi) is 6.86. The Labute approximate surface area is 311 Å². The first-order chi connectivity index (χ1) is 26.3. The molecule has 53 heavy (non-hydrogen) atoms. The summed E-state index contributed by atoms with van der Waals surface area (Å²) in [4.78, 5) is 1.25. The van der Waals surface area contributed by atoms with E-state index in [-0.39, 0.29) is 5.37 Å². The van der Waals surface area contributed by atoms with Crippen LogP contribution < -0.4 is 5.32 Å². The van der Waals surface area contributed by atoms with Crippen LogP contribution in [-0.2, 0) is 0 Å². The van der Waals surface area contributed by atoms with Gasteiger partial charge in [0.15, 0.2) is 0 Å². The van der Waals surface area contributed by atoms with Crippen LogP contribution in [0.1, 0.15) is 10.9 Å². The van der Waals surface area contributed by atoms with Crippen LogP contribution in [0.3, 0.4) is 0 Å². The quantitative estimate of drug-likeness (QED) is 0.194. The van der Waals surface area contributed by atoms with Gasteiger partial charge in [-0.15, -0.1) is 0 Å². The number of hydrogen-bond acceptors (Lipinski definition) is 3. The van der Waals surface area contributed by atoms with Gasteiger partial charge in [-0.1, -0.05) is 157 Å². The molecule has 0 saturated heterocycles. The maximum atomic E-state index is 6.42. The van der Waals surface area contributed by atoms with E-state index in [9.17, 15) is 0 Å². The number of nitrogens with one attached hydrogen (secondary N) is 1. The SMILES string of the molecule is c1ccc(-c2cccc(-n3c4ccccc4c4ccc(-c5ccc(C6Nc7c(-c8ccccc8)cc8oc9ccccc9c8c7S6)cc5)cc43)c2)cc1. The number of furan rings is 1. The summed E-state index contributed by atoms with van der Waals surface area (Å²) in [7, 11) is 0. The van der Waals surface area contributed by atoms with Gasteiger partial charge < -0.3 is 14.3 Å². The first kappa shape index (κ1) is 30.2. The molecule has 1 unspecified atom stereocenters. The molecule has 3 nitrogen and oxygen atoms in total. The number of para-hydroxylation sites is 2. The summed E-state index contributed by atoms with van der Waals surface area (Å²) in [5.74, 6) is 0. The molecule has 4 heteroatoms. The predicted molar refractivity (Wildman–Crippen MR) is 223 cm³/mol. The van der Waals surface area contributed by atoms with E-state index < -0.39 is 0 Å². The van der Waals surface area contributed by atoms with Gasteiger partial charge in [0, 0.05) is 37.7 Å². The Morgan fingerprint density at radius 3 is 1.94 bits per heavy atom. The lowest BCUT2D eigenvalue weighted by Gasteiger charge is -2.14. The Bertz CT molecular complexity index is 3000. The third kappa shape index (κ3) is 4.91. The summed E-state index contributed by atoms with van der Waals surface area (Å²) in [5, 5.41) is 8.85. The van der Waals surface area contributed by atoms with Crippen molar-refractivity contribution in [3.05, 3.63) is 188 Å². The molecule has 8 aromatic carbocycles. The zero-order valence-corrected chi connectivity index (χ0v) is 29.5. The summed E-state index contributed by atoms with van der Waals surface area (Å²) in [6, 6.07) is 65.4. The van der Waals surface area contributed by atoms with Crippen LogP contribution in [0.4, 0.5) is 5.69 Å². The molecule has 0 bridgehead atoms. The fourth-order valence-electron chi connectivity index (χ4n) is 8.12. The van der Waals surface area contributed by atoms with Crippen LogP contribution >= 0.6 is 11.8 Å². The number of nitrogens with zero attached hydrogens (tertiary/aromatic N) is 1. The van der Waals surface area contributed by atoms with Gasteiger partial charge in [0.25, 0.3) is 0 Å². The fourth-order valence-corrected chi connectivity index (χ4v) is 9.44. The van der Waals surface area contributed by atoms with Gasteiger partial charge >= 0.3 is 0 Å². The molecule has 0 aliphatic carbocycles. The molecular formula is C49H32N2OS. The van der Waals surface area contributed by atoms with Crippen molar-refractivity contribution in [3.8, 4) is 39.1 Å². The average Bonchev–Trinajstić information content (AvgIpc) is 3.93. The minimum Gasteiger partial charge on any atom is -0.456 e. The Morgan fingerprint density at radius 1 is 0.472 bits per heavy atom. The van der Waals surface area contributed by atoms with Gasteiger partial charge in [-0.2, -0.15) is 0 Å². The number of rotatable bonds is 5.